The van der Waals surface area contributed by atoms with E-state index in [0.717, 1.165) is 12.1 Å². The Hall–Kier alpha value is -1.99. The van der Waals surface area contributed by atoms with Crippen LogP contribution in [0, 0.1) is 5.82 Å². The lowest BCUT2D eigenvalue weighted by Crippen LogP contribution is -2.43. The Labute approximate surface area is 119 Å². The second-order valence-electron chi connectivity index (χ2n) is 5.33. The molecule has 1 rings (SSSR count). The lowest BCUT2D eigenvalue weighted by Gasteiger charge is -2.26. The van der Waals surface area contributed by atoms with E-state index in [-0.39, 0.29) is 0 Å². The quantitative estimate of drug-likeness (QED) is 0.669. The van der Waals surface area contributed by atoms with Crippen LogP contribution in [0.3, 0.4) is 0 Å². The van der Waals surface area contributed by atoms with Gasteiger partial charge < -0.3 is 4.74 Å². The second kappa shape index (κ2) is 5.79. The van der Waals surface area contributed by atoms with E-state index in [1.54, 1.807) is 20.8 Å². The minimum atomic E-state index is -4.67. The van der Waals surface area contributed by atoms with E-state index in [1.807, 2.05) is 0 Å². The fourth-order valence-corrected chi connectivity index (χ4v) is 1.52. The van der Waals surface area contributed by atoms with Crippen molar-refractivity contribution >= 4 is 11.8 Å². The van der Waals surface area contributed by atoms with Crippen LogP contribution >= 0.6 is 0 Å². The summed E-state index contributed by atoms with van der Waals surface area (Å²) < 4.78 is 56.7. The van der Waals surface area contributed by atoms with Crippen LogP contribution in [0.5, 0.6) is 0 Å². The highest BCUT2D eigenvalue weighted by Gasteiger charge is 2.35. The lowest BCUT2D eigenvalue weighted by atomic mass is 10.1. The number of hydrazine groups is 1. The minimum Gasteiger partial charge on any atom is -0.443 e. The van der Waals surface area contributed by atoms with Crippen molar-refractivity contribution in [3.8, 4) is 0 Å². The molecule has 1 N–H and O–H groups in total. The molecule has 0 saturated heterocycles. The molecule has 0 aromatic heterocycles. The van der Waals surface area contributed by atoms with Crippen molar-refractivity contribution in [3.63, 3.8) is 0 Å². The van der Waals surface area contributed by atoms with E-state index in [9.17, 15) is 22.4 Å². The molecule has 0 fully saturated rings. The predicted octanol–water partition coefficient (Wildman–Crippen LogP) is 3.72. The first kappa shape index (κ1) is 17.1. The smallest absolute Gasteiger partial charge is 0.426 e. The molecule has 0 aliphatic heterocycles. The van der Waals surface area contributed by atoms with Crippen molar-refractivity contribution in [2.24, 2.45) is 0 Å². The Balaban J connectivity index is 2.99. The molecule has 8 heteroatoms. The third-order valence-electron chi connectivity index (χ3n) is 2.28. The summed E-state index contributed by atoms with van der Waals surface area (Å²) in [5.41, 5.74) is -0.295. The van der Waals surface area contributed by atoms with Crippen molar-refractivity contribution in [3.05, 3.63) is 29.6 Å². The number of nitrogens with one attached hydrogen (secondary N) is 1. The summed E-state index contributed by atoms with van der Waals surface area (Å²) in [4.78, 5) is 11.5. The molecule has 0 heterocycles. The third kappa shape index (κ3) is 5.13. The molecule has 0 radical (unpaired) electrons. The van der Waals surface area contributed by atoms with E-state index in [4.69, 9.17) is 4.74 Å². The minimum absolute atomic E-state index is 0.520. The standard InChI is InChI=1S/C13H16F4N2O2/c1-12(2,3)21-11(20)18-19(4)10-7-8(14)5-6-9(10)13(15,16)17/h5-7H,1-4H3,(H,18,20). The van der Waals surface area contributed by atoms with Gasteiger partial charge in [-0.3, -0.25) is 5.01 Å². The van der Waals surface area contributed by atoms with Gasteiger partial charge in [0.1, 0.15) is 11.4 Å². The largest absolute Gasteiger partial charge is 0.443 e. The maximum Gasteiger partial charge on any atom is 0.426 e. The molecule has 0 atom stereocenters. The first-order valence-corrected chi connectivity index (χ1v) is 6.00. The topological polar surface area (TPSA) is 41.6 Å². The molecule has 1 aromatic rings. The number of rotatable bonds is 2. The molecule has 1 aromatic carbocycles. The van der Waals surface area contributed by atoms with Gasteiger partial charge in [0.05, 0.1) is 11.3 Å². The fraction of sp³-hybridized carbons (Fsp3) is 0.462. The van der Waals surface area contributed by atoms with E-state index in [0.29, 0.717) is 18.2 Å². The second-order valence-corrected chi connectivity index (χ2v) is 5.33. The van der Waals surface area contributed by atoms with E-state index < -0.39 is 34.9 Å². The van der Waals surface area contributed by atoms with Gasteiger partial charge in [-0.25, -0.2) is 14.6 Å². The highest BCUT2D eigenvalue weighted by atomic mass is 19.4. The van der Waals surface area contributed by atoms with Crippen molar-refractivity contribution in [1.82, 2.24) is 5.43 Å². The molecule has 0 bridgehead atoms. The van der Waals surface area contributed by atoms with Crippen LogP contribution in [0.4, 0.5) is 28.0 Å². The van der Waals surface area contributed by atoms with E-state index in [1.165, 1.54) is 0 Å². The molecule has 0 unspecified atom stereocenters. The number of amides is 1. The molecule has 21 heavy (non-hydrogen) atoms. The van der Waals surface area contributed by atoms with Gasteiger partial charge >= 0.3 is 12.3 Å². The molecule has 4 nitrogen and oxygen atoms in total. The zero-order chi connectivity index (χ0) is 16.4. The van der Waals surface area contributed by atoms with Crippen LogP contribution in [0.15, 0.2) is 18.2 Å². The summed E-state index contributed by atoms with van der Waals surface area (Å²) in [6.07, 6.45) is -5.62. The van der Waals surface area contributed by atoms with Gasteiger partial charge in [0.2, 0.25) is 0 Å². The Bertz CT molecular complexity index is 524. The SMILES string of the molecule is CN(NC(=O)OC(C)(C)C)c1cc(F)ccc1C(F)(F)F. The van der Waals surface area contributed by atoms with Crippen LogP contribution in [-0.4, -0.2) is 18.7 Å². The van der Waals surface area contributed by atoms with Crippen LogP contribution in [0.2, 0.25) is 0 Å². The summed E-state index contributed by atoms with van der Waals surface area (Å²) in [6, 6.07) is 1.99. The van der Waals surface area contributed by atoms with Crippen molar-refractivity contribution in [2.45, 2.75) is 32.5 Å². The Morgan fingerprint density at radius 1 is 1.24 bits per heavy atom. The van der Waals surface area contributed by atoms with Crippen LogP contribution in [0.1, 0.15) is 26.3 Å². The molecule has 0 saturated carbocycles. The normalized spacial score (nSPS) is 12.0. The fourth-order valence-electron chi connectivity index (χ4n) is 1.52. The molecule has 1 amide bonds. The molecule has 0 aliphatic rings. The number of hydrogen-bond acceptors (Lipinski definition) is 3. The first-order valence-electron chi connectivity index (χ1n) is 6.00. The van der Waals surface area contributed by atoms with Crippen LogP contribution in [0.25, 0.3) is 0 Å². The number of carbonyl (C=O) groups excluding carboxylic acids is 1. The Morgan fingerprint density at radius 2 is 1.81 bits per heavy atom. The zero-order valence-corrected chi connectivity index (χ0v) is 12.0. The Kier molecular flexibility index (Phi) is 4.70. The number of nitrogens with zero attached hydrogens (tertiary/aromatic N) is 1. The number of hydrogen-bond donors (Lipinski definition) is 1. The zero-order valence-electron chi connectivity index (χ0n) is 12.0. The van der Waals surface area contributed by atoms with Gasteiger partial charge in [-0.1, -0.05) is 0 Å². The average Bonchev–Trinajstić information content (AvgIpc) is 2.24. The summed E-state index contributed by atoms with van der Waals surface area (Å²) in [7, 11) is 1.16. The number of halogens is 4. The molecule has 0 spiro atoms. The average molecular weight is 308 g/mol. The van der Waals surface area contributed by atoms with Gasteiger partial charge in [-0.15, -0.1) is 0 Å². The van der Waals surface area contributed by atoms with Gasteiger partial charge in [-0.2, -0.15) is 13.2 Å². The maximum atomic E-state index is 13.2. The summed E-state index contributed by atoms with van der Waals surface area (Å²) in [5.74, 6) is -0.851. The number of benzene rings is 1. The molecule has 0 aliphatic carbocycles. The van der Waals surface area contributed by atoms with Crippen LogP contribution < -0.4 is 10.4 Å². The summed E-state index contributed by atoms with van der Waals surface area (Å²) >= 11 is 0. The monoisotopic (exact) mass is 308 g/mol. The molecular formula is C13H16F4N2O2. The van der Waals surface area contributed by atoms with Crippen molar-refractivity contribution in [1.29, 1.82) is 0 Å². The van der Waals surface area contributed by atoms with Crippen LogP contribution in [-0.2, 0) is 10.9 Å². The molecule has 118 valence electrons. The highest BCUT2D eigenvalue weighted by molar-refractivity contribution is 5.71. The summed E-state index contributed by atoms with van der Waals surface area (Å²) in [6.45, 7) is 4.82. The predicted molar refractivity (Wildman–Crippen MR) is 69.2 cm³/mol. The number of carbonyl (C=O) groups is 1. The van der Waals surface area contributed by atoms with E-state index >= 15 is 0 Å². The first-order chi connectivity index (χ1) is 9.40. The highest BCUT2D eigenvalue weighted by Crippen LogP contribution is 2.36. The maximum absolute atomic E-state index is 13.2. The van der Waals surface area contributed by atoms with Gasteiger partial charge in [-0.05, 0) is 39.0 Å². The van der Waals surface area contributed by atoms with Crippen molar-refractivity contribution in [2.75, 3.05) is 12.1 Å². The lowest BCUT2D eigenvalue weighted by molar-refractivity contribution is -0.137. The van der Waals surface area contributed by atoms with Gasteiger partial charge in [0.15, 0.2) is 0 Å². The number of alkyl halides is 3. The van der Waals surface area contributed by atoms with E-state index in [2.05, 4.69) is 5.43 Å². The number of ether oxygens (including phenoxy) is 1. The Morgan fingerprint density at radius 3 is 2.29 bits per heavy atom. The summed E-state index contributed by atoms with van der Waals surface area (Å²) in [5, 5.41) is 0.764. The van der Waals surface area contributed by atoms with Crippen molar-refractivity contribution < 1.29 is 27.1 Å². The van der Waals surface area contributed by atoms with Gasteiger partial charge in [0.25, 0.3) is 0 Å². The number of anilines is 1. The third-order valence-corrected chi connectivity index (χ3v) is 2.28. The van der Waals surface area contributed by atoms with Gasteiger partial charge in [0, 0.05) is 7.05 Å². The molecular weight excluding hydrogens is 292 g/mol.